The van der Waals surface area contributed by atoms with Gasteiger partial charge in [-0.1, -0.05) is 48.5 Å². The molecule has 2 aliphatic heterocycles. The molecule has 33 heavy (non-hydrogen) atoms. The monoisotopic (exact) mass is 437 g/mol. The van der Waals surface area contributed by atoms with Crippen molar-refractivity contribution in [2.24, 2.45) is 5.10 Å². The normalized spacial score (nSPS) is 16.5. The highest BCUT2D eigenvalue weighted by Crippen LogP contribution is 2.27. The Bertz CT molecular complexity index is 1230. The van der Waals surface area contributed by atoms with Crippen molar-refractivity contribution in [1.82, 2.24) is 15.0 Å². The standard InChI is InChI=1S/C26H27N7/c1-3-11-21-19(9-1)17-20-10-2-4-12-22(20)23(21)18-27-31-24-28-25(32-13-5-6-14-32)30-26(29-24)33-15-7-8-16-33/h1-4,9-12,17-18H,5-8,13-16H2,(H,28,29,30,31)/b27-18-. The summed E-state index contributed by atoms with van der Waals surface area (Å²) in [5.41, 5.74) is 4.19. The highest BCUT2D eigenvalue weighted by atomic mass is 15.4. The second-order valence-corrected chi connectivity index (χ2v) is 8.75. The van der Waals surface area contributed by atoms with Gasteiger partial charge in [0.1, 0.15) is 0 Å². The molecule has 0 saturated carbocycles. The Morgan fingerprint density at radius 2 is 1.21 bits per heavy atom. The van der Waals surface area contributed by atoms with E-state index in [1.807, 2.05) is 6.21 Å². The topological polar surface area (TPSA) is 69.5 Å². The third kappa shape index (κ3) is 3.95. The average Bonchev–Trinajstić information content (AvgIpc) is 3.58. The van der Waals surface area contributed by atoms with Gasteiger partial charge in [0.15, 0.2) is 0 Å². The first-order valence-electron chi connectivity index (χ1n) is 11.8. The van der Waals surface area contributed by atoms with Gasteiger partial charge in [0.2, 0.25) is 17.8 Å². The highest BCUT2D eigenvalue weighted by Gasteiger charge is 2.21. The van der Waals surface area contributed by atoms with Crippen LogP contribution in [0.4, 0.5) is 17.8 Å². The van der Waals surface area contributed by atoms with Crippen LogP contribution in [0.2, 0.25) is 0 Å². The predicted molar refractivity (Wildman–Crippen MR) is 135 cm³/mol. The number of nitrogens with zero attached hydrogens (tertiary/aromatic N) is 6. The molecule has 0 amide bonds. The number of hydrazone groups is 1. The summed E-state index contributed by atoms with van der Waals surface area (Å²) in [6, 6.07) is 19.1. The van der Waals surface area contributed by atoms with Crippen LogP contribution >= 0.6 is 0 Å². The minimum Gasteiger partial charge on any atom is -0.341 e. The van der Waals surface area contributed by atoms with Crippen LogP contribution in [0.3, 0.4) is 0 Å². The molecular formula is C26H27N7. The first-order valence-corrected chi connectivity index (χ1v) is 11.8. The van der Waals surface area contributed by atoms with E-state index in [1.165, 1.54) is 47.2 Å². The molecule has 6 rings (SSSR count). The molecule has 7 nitrogen and oxygen atoms in total. The Morgan fingerprint density at radius 1 is 0.697 bits per heavy atom. The lowest BCUT2D eigenvalue weighted by Gasteiger charge is -2.20. The average molecular weight is 438 g/mol. The zero-order valence-corrected chi connectivity index (χ0v) is 18.6. The van der Waals surface area contributed by atoms with Gasteiger partial charge >= 0.3 is 0 Å². The minimum absolute atomic E-state index is 0.495. The van der Waals surface area contributed by atoms with Crippen molar-refractivity contribution < 1.29 is 0 Å². The summed E-state index contributed by atoms with van der Waals surface area (Å²) in [7, 11) is 0. The van der Waals surface area contributed by atoms with Crippen LogP contribution in [0.25, 0.3) is 21.5 Å². The molecule has 2 saturated heterocycles. The Morgan fingerprint density at radius 3 is 1.76 bits per heavy atom. The van der Waals surface area contributed by atoms with Crippen LogP contribution in [0.5, 0.6) is 0 Å². The summed E-state index contributed by atoms with van der Waals surface area (Å²) in [6.45, 7) is 3.98. The number of hydrogen-bond acceptors (Lipinski definition) is 7. The molecule has 2 fully saturated rings. The summed E-state index contributed by atoms with van der Waals surface area (Å²) < 4.78 is 0. The van der Waals surface area contributed by atoms with Gasteiger partial charge in [-0.25, -0.2) is 5.43 Å². The number of benzene rings is 3. The van der Waals surface area contributed by atoms with E-state index in [2.05, 4.69) is 74.9 Å². The molecule has 0 atom stereocenters. The fourth-order valence-electron chi connectivity index (χ4n) is 4.86. The van der Waals surface area contributed by atoms with Crippen LogP contribution in [-0.2, 0) is 0 Å². The SMILES string of the molecule is C(=N/Nc1nc(N2CCCC2)nc(N2CCCC2)n1)/c1c2ccccc2cc2ccccc12. The molecule has 1 aromatic heterocycles. The summed E-state index contributed by atoms with van der Waals surface area (Å²) >= 11 is 0. The van der Waals surface area contributed by atoms with E-state index >= 15 is 0 Å². The second kappa shape index (κ2) is 8.65. The molecule has 2 aliphatic rings. The smallest absolute Gasteiger partial charge is 0.250 e. The largest absolute Gasteiger partial charge is 0.341 e. The minimum atomic E-state index is 0.495. The molecule has 0 aliphatic carbocycles. The van der Waals surface area contributed by atoms with Gasteiger partial charge in [-0.2, -0.15) is 20.1 Å². The van der Waals surface area contributed by atoms with Gasteiger partial charge in [-0.15, -0.1) is 0 Å². The van der Waals surface area contributed by atoms with Crippen molar-refractivity contribution in [2.75, 3.05) is 41.4 Å². The molecule has 3 heterocycles. The molecule has 1 N–H and O–H groups in total. The molecular weight excluding hydrogens is 410 g/mol. The fourth-order valence-corrected chi connectivity index (χ4v) is 4.86. The van der Waals surface area contributed by atoms with Crippen LogP contribution in [0.1, 0.15) is 31.2 Å². The number of aromatic nitrogens is 3. The molecule has 0 radical (unpaired) electrons. The summed E-state index contributed by atoms with van der Waals surface area (Å²) in [5, 5.41) is 9.33. The highest BCUT2D eigenvalue weighted by molar-refractivity contribution is 6.13. The third-order valence-corrected chi connectivity index (χ3v) is 6.56. The maximum Gasteiger partial charge on any atom is 0.250 e. The Hall–Kier alpha value is -3.74. The van der Waals surface area contributed by atoms with Crippen molar-refractivity contribution in [3.8, 4) is 0 Å². The zero-order valence-electron chi connectivity index (χ0n) is 18.6. The number of anilines is 3. The van der Waals surface area contributed by atoms with Gasteiger partial charge in [0.05, 0.1) is 6.21 Å². The second-order valence-electron chi connectivity index (χ2n) is 8.75. The molecule has 0 bridgehead atoms. The quantitative estimate of drug-likeness (QED) is 0.274. The summed E-state index contributed by atoms with van der Waals surface area (Å²) in [4.78, 5) is 18.7. The maximum atomic E-state index is 4.78. The maximum absolute atomic E-state index is 4.78. The van der Waals surface area contributed by atoms with E-state index in [0.717, 1.165) is 43.6 Å². The van der Waals surface area contributed by atoms with E-state index in [0.29, 0.717) is 5.95 Å². The Balaban J connectivity index is 1.35. The van der Waals surface area contributed by atoms with E-state index in [9.17, 15) is 0 Å². The third-order valence-electron chi connectivity index (χ3n) is 6.56. The number of nitrogens with one attached hydrogen (secondary N) is 1. The lowest BCUT2D eigenvalue weighted by molar-refractivity contribution is 0.838. The van der Waals surface area contributed by atoms with Crippen molar-refractivity contribution in [3.05, 3.63) is 60.2 Å². The molecule has 0 unspecified atom stereocenters. The lowest BCUT2D eigenvalue weighted by Crippen LogP contribution is -2.25. The molecule has 166 valence electrons. The van der Waals surface area contributed by atoms with E-state index in [-0.39, 0.29) is 0 Å². The molecule has 7 heteroatoms. The number of fused-ring (bicyclic) bond motifs is 2. The van der Waals surface area contributed by atoms with Crippen molar-refractivity contribution >= 4 is 45.6 Å². The van der Waals surface area contributed by atoms with Crippen molar-refractivity contribution in [2.45, 2.75) is 25.7 Å². The summed E-state index contributed by atoms with van der Waals surface area (Å²) in [5.74, 6) is 1.99. The number of hydrogen-bond donors (Lipinski definition) is 1. The predicted octanol–water partition coefficient (Wildman–Crippen LogP) is 4.82. The fraction of sp³-hybridized carbons (Fsp3) is 0.308. The van der Waals surface area contributed by atoms with Crippen LogP contribution in [0.15, 0.2) is 59.7 Å². The Labute approximate surface area is 193 Å². The van der Waals surface area contributed by atoms with Crippen LogP contribution in [-0.4, -0.2) is 47.3 Å². The van der Waals surface area contributed by atoms with Gasteiger partial charge in [0.25, 0.3) is 0 Å². The lowest BCUT2D eigenvalue weighted by atomic mass is 9.97. The van der Waals surface area contributed by atoms with Gasteiger partial charge in [-0.05, 0) is 53.3 Å². The summed E-state index contributed by atoms with van der Waals surface area (Å²) in [6.07, 6.45) is 6.61. The van der Waals surface area contributed by atoms with E-state index in [1.54, 1.807) is 0 Å². The molecule has 3 aromatic carbocycles. The first-order chi connectivity index (χ1) is 16.3. The van der Waals surface area contributed by atoms with Crippen LogP contribution < -0.4 is 15.2 Å². The first kappa shape index (κ1) is 19.9. The van der Waals surface area contributed by atoms with Gasteiger partial charge < -0.3 is 9.80 Å². The van der Waals surface area contributed by atoms with Gasteiger partial charge in [0, 0.05) is 31.7 Å². The van der Waals surface area contributed by atoms with Crippen molar-refractivity contribution in [3.63, 3.8) is 0 Å². The number of rotatable bonds is 5. The van der Waals surface area contributed by atoms with E-state index < -0.39 is 0 Å². The Kier molecular flexibility index (Phi) is 5.22. The van der Waals surface area contributed by atoms with Crippen molar-refractivity contribution in [1.29, 1.82) is 0 Å². The molecule has 4 aromatic rings. The van der Waals surface area contributed by atoms with Crippen LogP contribution in [0, 0.1) is 0 Å². The van der Waals surface area contributed by atoms with Gasteiger partial charge in [-0.3, -0.25) is 0 Å². The van der Waals surface area contributed by atoms with E-state index in [4.69, 9.17) is 15.0 Å². The zero-order chi connectivity index (χ0) is 22.0. The molecule has 0 spiro atoms.